The summed E-state index contributed by atoms with van der Waals surface area (Å²) in [6.45, 7) is 2.20. The zero-order valence-electron chi connectivity index (χ0n) is 12.2. The van der Waals surface area contributed by atoms with Gasteiger partial charge >= 0.3 is 0 Å². The molecule has 1 aromatic carbocycles. The predicted molar refractivity (Wildman–Crippen MR) is 77.0 cm³/mol. The molecule has 1 saturated carbocycles. The van der Waals surface area contributed by atoms with Crippen LogP contribution in [0.4, 0.5) is 4.39 Å². The highest BCUT2D eigenvalue weighted by Gasteiger charge is 2.50. The van der Waals surface area contributed by atoms with Crippen LogP contribution in [0.5, 0.6) is 0 Å². The average Bonchev–Trinajstić information content (AvgIpc) is 2.41. The van der Waals surface area contributed by atoms with Crippen molar-refractivity contribution in [2.75, 3.05) is 0 Å². The van der Waals surface area contributed by atoms with Gasteiger partial charge in [0.15, 0.2) is 0 Å². The number of halogens is 1. The van der Waals surface area contributed by atoms with E-state index in [-0.39, 0.29) is 23.0 Å². The van der Waals surface area contributed by atoms with Gasteiger partial charge in [0.25, 0.3) is 0 Å². The Hall–Kier alpha value is -1.71. The summed E-state index contributed by atoms with van der Waals surface area (Å²) in [5, 5.41) is 2.43. The van der Waals surface area contributed by atoms with E-state index in [0.717, 1.165) is 25.7 Å². The van der Waals surface area contributed by atoms with E-state index in [9.17, 15) is 14.0 Å². The Balaban J connectivity index is 2.01. The number of nitrogens with one attached hydrogen (secondary N) is 1. The second kappa shape index (κ2) is 5.24. The van der Waals surface area contributed by atoms with Gasteiger partial charge in [-0.05, 0) is 41.9 Å². The number of hydrogen-bond acceptors (Lipinski definition) is 2. The van der Waals surface area contributed by atoms with Gasteiger partial charge in [-0.3, -0.25) is 14.9 Å². The Morgan fingerprint density at radius 3 is 2.62 bits per heavy atom. The lowest BCUT2D eigenvalue weighted by Crippen LogP contribution is -2.51. The number of hydrogen-bond donors (Lipinski definition) is 1. The van der Waals surface area contributed by atoms with E-state index in [4.69, 9.17) is 0 Å². The number of carbonyl (C=O) groups is 2. The molecule has 1 aliphatic heterocycles. The zero-order valence-corrected chi connectivity index (χ0v) is 12.2. The molecular formula is C17H20FNO2. The highest BCUT2D eigenvalue weighted by Crippen LogP contribution is 2.52. The van der Waals surface area contributed by atoms with Gasteiger partial charge in [0, 0.05) is 6.42 Å². The van der Waals surface area contributed by atoms with Crippen LogP contribution >= 0.6 is 0 Å². The van der Waals surface area contributed by atoms with Crippen molar-refractivity contribution in [3.05, 3.63) is 35.6 Å². The number of benzene rings is 1. The molecule has 0 aromatic heterocycles. The van der Waals surface area contributed by atoms with Crippen LogP contribution < -0.4 is 5.32 Å². The van der Waals surface area contributed by atoms with E-state index >= 15 is 0 Å². The van der Waals surface area contributed by atoms with Gasteiger partial charge in [-0.25, -0.2) is 4.39 Å². The lowest BCUT2D eigenvalue weighted by Gasteiger charge is -2.46. The fourth-order valence-electron chi connectivity index (χ4n) is 3.95. The quantitative estimate of drug-likeness (QED) is 0.807. The van der Waals surface area contributed by atoms with Gasteiger partial charge in [-0.1, -0.05) is 31.9 Å². The number of amides is 2. The molecule has 3 nitrogen and oxygen atoms in total. The van der Waals surface area contributed by atoms with Crippen molar-refractivity contribution in [2.45, 2.75) is 44.9 Å². The molecule has 0 bridgehead atoms. The zero-order chi connectivity index (χ0) is 15.0. The monoisotopic (exact) mass is 289 g/mol. The van der Waals surface area contributed by atoms with E-state index in [1.54, 1.807) is 12.1 Å². The van der Waals surface area contributed by atoms with Gasteiger partial charge in [0.1, 0.15) is 5.82 Å². The van der Waals surface area contributed by atoms with Gasteiger partial charge in [-0.2, -0.15) is 0 Å². The summed E-state index contributed by atoms with van der Waals surface area (Å²) in [4.78, 5) is 24.3. The fourth-order valence-corrected chi connectivity index (χ4v) is 3.95. The molecule has 2 aliphatic rings. The third-order valence-electron chi connectivity index (χ3n) is 5.10. The highest BCUT2D eigenvalue weighted by atomic mass is 19.1. The van der Waals surface area contributed by atoms with Crippen molar-refractivity contribution >= 4 is 11.8 Å². The summed E-state index contributed by atoms with van der Waals surface area (Å²) in [5.41, 5.74) is 0.356. The molecule has 2 fully saturated rings. The van der Waals surface area contributed by atoms with E-state index < -0.39 is 5.92 Å². The summed E-state index contributed by atoms with van der Waals surface area (Å²) in [6.07, 6.45) is 4.12. The molecule has 1 atom stereocenters. The topological polar surface area (TPSA) is 46.2 Å². The lowest BCUT2D eigenvalue weighted by atomic mass is 9.59. The van der Waals surface area contributed by atoms with E-state index in [0.29, 0.717) is 17.9 Å². The second-order valence-electron chi connectivity index (χ2n) is 6.62. The molecule has 3 rings (SSSR count). The third kappa shape index (κ3) is 2.59. The Kier molecular flexibility index (Phi) is 3.56. The predicted octanol–water partition coefficient (Wildman–Crippen LogP) is 3.15. The minimum Gasteiger partial charge on any atom is -0.296 e. The first-order chi connectivity index (χ1) is 10.00. The van der Waals surface area contributed by atoms with Crippen molar-refractivity contribution in [1.29, 1.82) is 0 Å². The van der Waals surface area contributed by atoms with Gasteiger partial charge in [0.05, 0.1) is 5.92 Å². The molecule has 112 valence electrons. The van der Waals surface area contributed by atoms with Crippen LogP contribution in [0.1, 0.15) is 50.5 Å². The number of carbonyl (C=O) groups excluding carboxylic acids is 2. The molecular weight excluding hydrogens is 269 g/mol. The van der Waals surface area contributed by atoms with Crippen molar-refractivity contribution in [3.8, 4) is 0 Å². The first-order valence-electron chi connectivity index (χ1n) is 7.59. The Morgan fingerprint density at radius 2 is 1.95 bits per heavy atom. The van der Waals surface area contributed by atoms with Crippen LogP contribution in [0, 0.1) is 17.2 Å². The van der Waals surface area contributed by atoms with Crippen LogP contribution in [0.3, 0.4) is 0 Å². The molecule has 1 spiro atoms. The standard InChI is InChI=1S/C17H20FNO2/c1-11-5-7-17(8-6-11)10-14(20)19-16(21)15(17)12-3-2-4-13(18)9-12/h2-4,9,11,15H,5-8,10H2,1H3,(H,19,20,21). The first kappa shape index (κ1) is 14.2. The molecule has 1 aromatic rings. The van der Waals surface area contributed by atoms with Gasteiger partial charge < -0.3 is 0 Å². The van der Waals surface area contributed by atoms with Crippen molar-refractivity contribution < 1.29 is 14.0 Å². The van der Waals surface area contributed by atoms with E-state index in [1.165, 1.54) is 12.1 Å². The molecule has 1 aliphatic carbocycles. The van der Waals surface area contributed by atoms with Gasteiger partial charge in [-0.15, -0.1) is 0 Å². The van der Waals surface area contributed by atoms with Crippen molar-refractivity contribution in [1.82, 2.24) is 5.32 Å². The molecule has 21 heavy (non-hydrogen) atoms. The van der Waals surface area contributed by atoms with Gasteiger partial charge in [0.2, 0.25) is 11.8 Å². The molecule has 0 radical (unpaired) electrons. The molecule has 1 unspecified atom stereocenters. The molecule has 1 heterocycles. The van der Waals surface area contributed by atoms with E-state index in [2.05, 4.69) is 12.2 Å². The Morgan fingerprint density at radius 1 is 1.24 bits per heavy atom. The van der Waals surface area contributed by atoms with Crippen LogP contribution in [0.2, 0.25) is 0 Å². The van der Waals surface area contributed by atoms with Crippen LogP contribution in [0.15, 0.2) is 24.3 Å². The third-order valence-corrected chi connectivity index (χ3v) is 5.10. The lowest BCUT2D eigenvalue weighted by molar-refractivity contribution is -0.141. The minimum atomic E-state index is -0.418. The van der Waals surface area contributed by atoms with Crippen LogP contribution in [-0.4, -0.2) is 11.8 Å². The van der Waals surface area contributed by atoms with Crippen molar-refractivity contribution in [2.24, 2.45) is 11.3 Å². The largest absolute Gasteiger partial charge is 0.296 e. The summed E-state index contributed by atoms with van der Waals surface area (Å²) in [7, 11) is 0. The summed E-state index contributed by atoms with van der Waals surface area (Å²) in [6, 6.07) is 6.24. The maximum atomic E-state index is 13.5. The maximum absolute atomic E-state index is 13.5. The smallest absolute Gasteiger partial charge is 0.234 e. The summed E-state index contributed by atoms with van der Waals surface area (Å²) in [5.74, 6) is -0.590. The highest BCUT2D eigenvalue weighted by molar-refractivity contribution is 6.02. The maximum Gasteiger partial charge on any atom is 0.234 e. The second-order valence-corrected chi connectivity index (χ2v) is 6.62. The average molecular weight is 289 g/mol. The molecule has 1 saturated heterocycles. The number of rotatable bonds is 1. The van der Waals surface area contributed by atoms with Crippen LogP contribution in [0.25, 0.3) is 0 Å². The molecule has 4 heteroatoms. The Labute approximate surface area is 123 Å². The van der Waals surface area contributed by atoms with Crippen LogP contribution in [-0.2, 0) is 9.59 Å². The minimum absolute atomic E-state index is 0.192. The fraction of sp³-hybridized carbons (Fsp3) is 0.529. The van der Waals surface area contributed by atoms with E-state index in [1.807, 2.05) is 0 Å². The molecule has 2 amide bonds. The number of piperidine rings is 1. The first-order valence-corrected chi connectivity index (χ1v) is 7.59. The molecule has 1 N–H and O–H groups in total. The number of imide groups is 1. The SMILES string of the molecule is CC1CCC2(CC1)CC(=O)NC(=O)C2c1cccc(F)c1. The van der Waals surface area contributed by atoms with Crippen molar-refractivity contribution in [3.63, 3.8) is 0 Å². The summed E-state index contributed by atoms with van der Waals surface area (Å²) < 4.78 is 13.5. The Bertz CT molecular complexity index is 576. The normalized spacial score (nSPS) is 33.0. The summed E-state index contributed by atoms with van der Waals surface area (Å²) >= 11 is 0.